The highest BCUT2D eigenvalue weighted by Crippen LogP contribution is 2.20. The number of rotatable bonds is 6. The van der Waals surface area contributed by atoms with E-state index in [1.165, 1.54) is 0 Å². The highest BCUT2D eigenvalue weighted by molar-refractivity contribution is 7.83. The molecule has 7 heteroatoms. The summed E-state index contributed by atoms with van der Waals surface area (Å²) in [6.07, 6.45) is 6.44. The zero-order chi connectivity index (χ0) is 19.1. The molecule has 152 valence electrons. The fourth-order valence-electron chi connectivity index (χ4n) is 3.54. The van der Waals surface area contributed by atoms with Gasteiger partial charge in [0.15, 0.2) is 0 Å². The third-order valence-corrected chi connectivity index (χ3v) is 5.59. The molecule has 1 saturated heterocycles. The Labute approximate surface area is 175 Å². The summed E-state index contributed by atoms with van der Waals surface area (Å²) in [5, 5.41) is 3.42. The van der Waals surface area contributed by atoms with Crippen LogP contribution in [0.2, 0.25) is 0 Å². The summed E-state index contributed by atoms with van der Waals surface area (Å²) in [6, 6.07) is 13.5. The fourth-order valence-corrected chi connectivity index (χ4v) is 4.19. The Balaban J connectivity index is 0.00000280. The van der Waals surface area contributed by atoms with Crippen LogP contribution in [0.1, 0.15) is 40.9 Å². The zero-order valence-electron chi connectivity index (χ0n) is 16.2. The van der Waals surface area contributed by atoms with Gasteiger partial charge in [-0.05, 0) is 62.2 Å². The summed E-state index contributed by atoms with van der Waals surface area (Å²) in [5.74, 6) is 0.491. The maximum atomic E-state index is 13.4. The van der Waals surface area contributed by atoms with Crippen molar-refractivity contribution in [1.82, 2.24) is 15.2 Å². The molecule has 0 saturated carbocycles. The standard InChI is InChI=1S/C21H27N3O2S.ClH/c1-27(26)16-17-6-4-7-18(14-17)21(25)24(15-19-8-2-3-12-23-19)20-9-5-11-22-13-10-20;/h2-4,6-8,12,14,20,22H,5,9-11,13,15-16H2,1H3;1H. The number of benzene rings is 1. The van der Waals surface area contributed by atoms with E-state index < -0.39 is 10.8 Å². The lowest BCUT2D eigenvalue weighted by Gasteiger charge is -2.31. The van der Waals surface area contributed by atoms with Crippen LogP contribution in [-0.2, 0) is 23.1 Å². The van der Waals surface area contributed by atoms with E-state index >= 15 is 0 Å². The summed E-state index contributed by atoms with van der Waals surface area (Å²) < 4.78 is 11.6. The van der Waals surface area contributed by atoms with Gasteiger partial charge in [-0.1, -0.05) is 18.2 Å². The van der Waals surface area contributed by atoms with Gasteiger partial charge in [0.05, 0.1) is 12.2 Å². The van der Waals surface area contributed by atoms with Crippen molar-refractivity contribution in [3.63, 3.8) is 0 Å². The van der Waals surface area contributed by atoms with Gasteiger partial charge in [0.2, 0.25) is 0 Å². The summed E-state index contributed by atoms with van der Waals surface area (Å²) >= 11 is 0. The molecule has 1 aromatic heterocycles. The quantitative estimate of drug-likeness (QED) is 0.778. The van der Waals surface area contributed by atoms with E-state index in [4.69, 9.17) is 0 Å². The van der Waals surface area contributed by atoms with E-state index in [9.17, 15) is 9.00 Å². The van der Waals surface area contributed by atoms with E-state index in [1.807, 2.05) is 47.4 Å². The molecule has 3 rings (SSSR count). The van der Waals surface area contributed by atoms with E-state index in [1.54, 1.807) is 12.5 Å². The van der Waals surface area contributed by atoms with Crippen LogP contribution in [0.4, 0.5) is 0 Å². The molecule has 0 spiro atoms. The highest BCUT2D eigenvalue weighted by atomic mass is 35.5. The molecule has 2 unspecified atom stereocenters. The summed E-state index contributed by atoms with van der Waals surface area (Å²) in [6.45, 7) is 2.43. The van der Waals surface area contributed by atoms with Crippen LogP contribution >= 0.6 is 12.4 Å². The van der Waals surface area contributed by atoms with Crippen LogP contribution in [0.3, 0.4) is 0 Å². The number of pyridine rings is 1. The van der Waals surface area contributed by atoms with Gasteiger partial charge in [-0.2, -0.15) is 0 Å². The average molecular weight is 422 g/mol. The number of hydrogen-bond acceptors (Lipinski definition) is 4. The van der Waals surface area contributed by atoms with E-state index in [0.717, 1.165) is 43.6 Å². The number of halogens is 1. The Hall–Kier alpha value is -1.76. The van der Waals surface area contributed by atoms with Crippen molar-refractivity contribution in [2.24, 2.45) is 0 Å². The van der Waals surface area contributed by atoms with Crippen molar-refractivity contribution < 1.29 is 9.00 Å². The molecule has 0 bridgehead atoms. The molecule has 0 aliphatic carbocycles. The third-order valence-electron chi connectivity index (χ3n) is 4.85. The second-order valence-electron chi connectivity index (χ2n) is 7.01. The van der Waals surface area contributed by atoms with Gasteiger partial charge >= 0.3 is 0 Å². The third kappa shape index (κ3) is 6.40. The number of carbonyl (C=O) groups is 1. The minimum Gasteiger partial charge on any atom is -0.330 e. The Bertz CT molecular complexity index is 780. The first-order chi connectivity index (χ1) is 13.1. The second kappa shape index (κ2) is 11.3. The molecule has 28 heavy (non-hydrogen) atoms. The SMILES string of the molecule is CS(=O)Cc1cccc(C(=O)N(Cc2ccccn2)C2CCCNCC2)c1.Cl. The largest absolute Gasteiger partial charge is 0.330 e. The molecular weight excluding hydrogens is 394 g/mol. The van der Waals surface area contributed by atoms with Crippen molar-refractivity contribution >= 4 is 29.1 Å². The molecular formula is C21H28ClN3O2S. The lowest BCUT2D eigenvalue weighted by atomic mass is 10.0. The van der Waals surface area contributed by atoms with Crippen LogP contribution in [0.25, 0.3) is 0 Å². The molecule has 1 aliphatic rings. The summed E-state index contributed by atoms with van der Waals surface area (Å²) in [4.78, 5) is 19.8. The number of nitrogens with zero attached hydrogens (tertiary/aromatic N) is 2. The highest BCUT2D eigenvalue weighted by Gasteiger charge is 2.26. The lowest BCUT2D eigenvalue weighted by Crippen LogP contribution is -2.40. The predicted molar refractivity (Wildman–Crippen MR) is 116 cm³/mol. The first-order valence-electron chi connectivity index (χ1n) is 9.44. The number of nitrogens with one attached hydrogen (secondary N) is 1. The molecule has 2 heterocycles. The number of carbonyl (C=O) groups excluding carboxylic acids is 1. The molecule has 1 amide bonds. The zero-order valence-corrected chi connectivity index (χ0v) is 17.8. The van der Waals surface area contributed by atoms with Gasteiger partial charge in [-0.3, -0.25) is 14.0 Å². The van der Waals surface area contributed by atoms with E-state index in [2.05, 4.69) is 10.3 Å². The Morgan fingerprint density at radius 1 is 1.21 bits per heavy atom. The Kier molecular flexibility index (Phi) is 9.09. The van der Waals surface area contributed by atoms with Gasteiger partial charge in [-0.15, -0.1) is 12.4 Å². The number of aromatic nitrogens is 1. The van der Waals surface area contributed by atoms with Crippen molar-refractivity contribution in [2.75, 3.05) is 19.3 Å². The fraction of sp³-hybridized carbons (Fsp3) is 0.429. The molecule has 2 aromatic rings. The smallest absolute Gasteiger partial charge is 0.254 e. The van der Waals surface area contributed by atoms with Gasteiger partial charge in [0, 0.05) is 40.6 Å². The normalized spacial score (nSPS) is 17.8. The molecule has 2 atom stereocenters. The van der Waals surface area contributed by atoms with E-state index in [0.29, 0.717) is 17.9 Å². The number of amides is 1. The Morgan fingerprint density at radius 3 is 2.82 bits per heavy atom. The maximum Gasteiger partial charge on any atom is 0.254 e. The topological polar surface area (TPSA) is 62.3 Å². The molecule has 1 N–H and O–H groups in total. The average Bonchev–Trinajstić information content (AvgIpc) is 2.95. The summed E-state index contributed by atoms with van der Waals surface area (Å²) in [7, 11) is -0.930. The second-order valence-corrected chi connectivity index (χ2v) is 8.44. The van der Waals surface area contributed by atoms with Gasteiger partial charge in [0.25, 0.3) is 5.91 Å². The first-order valence-corrected chi connectivity index (χ1v) is 11.2. The van der Waals surface area contributed by atoms with Crippen LogP contribution in [0, 0.1) is 0 Å². The summed E-state index contributed by atoms with van der Waals surface area (Å²) in [5.41, 5.74) is 2.49. The molecule has 1 aromatic carbocycles. The van der Waals surface area contributed by atoms with Crippen molar-refractivity contribution in [3.8, 4) is 0 Å². The van der Waals surface area contributed by atoms with Crippen LogP contribution in [0.5, 0.6) is 0 Å². The van der Waals surface area contributed by atoms with Gasteiger partial charge in [-0.25, -0.2) is 0 Å². The van der Waals surface area contributed by atoms with Gasteiger partial charge < -0.3 is 10.2 Å². The molecule has 1 aliphatic heterocycles. The van der Waals surface area contributed by atoms with E-state index in [-0.39, 0.29) is 24.4 Å². The first kappa shape index (κ1) is 22.5. The van der Waals surface area contributed by atoms with Crippen molar-refractivity contribution in [1.29, 1.82) is 0 Å². The molecule has 5 nitrogen and oxygen atoms in total. The Morgan fingerprint density at radius 2 is 2.07 bits per heavy atom. The maximum absolute atomic E-state index is 13.4. The lowest BCUT2D eigenvalue weighted by molar-refractivity contribution is 0.0642. The molecule has 0 radical (unpaired) electrons. The minimum absolute atomic E-state index is 0. The minimum atomic E-state index is -0.930. The monoisotopic (exact) mass is 421 g/mol. The van der Waals surface area contributed by atoms with Crippen LogP contribution in [-0.4, -0.2) is 45.4 Å². The van der Waals surface area contributed by atoms with Crippen LogP contribution < -0.4 is 5.32 Å². The van der Waals surface area contributed by atoms with Crippen molar-refractivity contribution in [2.45, 2.75) is 37.6 Å². The van der Waals surface area contributed by atoms with Crippen molar-refractivity contribution in [3.05, 3.63) is 65.5 Å². The molecule has 1 fully saturated rings. The predicted octanol–water partition coefficient (Wildman–Crippen LogP) is 3.17. The van der Waals surface area contributed by atoms with Crippen LogP contribution in [0.15, 0.2) is 48.7 Å². The van der Waals surface area contributed by atoms with Gasteiger partial charge in [0.1, 0.15) is 0 Å². The number of hydrogen-bond donors (Lipinski definition) is 1.